The minimum absolute atomic E-state index is 0.549. The number of hydrogen-bond acceptors (Lipinski definition) is 6. The highest BCUT2D eigenvalue weighted by Crippen LogP contribution is 2.18. The van der Waals surface area contributed by atoms with Crippen LogP contribution in [0.5, 0.6) is 0 Å². The zero-order valence-electron chi connectivity index (χ0n) is 14.7. The van der Waals surface area contributed by atoms with Crippen LogP contribution >= 0.6 is 0 Å². The van der Waals surface area contributed by atoms with Gasteiger partial charge < -0.3 is 20.3 Å². The van der Waals surface area contributed by atoms with Gasteiger partial charge in [0.15, 0.2) is 0 Å². The van der Waals surface area contributed by atoms with Crippen LogP contribution < -0.4 is 15.5 Å². The number of fused-ring (bicyclic) bond motifs is 1. The van der Waals surface area contributed by atoms with Crippen molar-refractivity contribution in [2.45, 2.75) is 20.0 Å². The van der Waals surface area contributed by atoms with E-state index in [4.69, 9.17) is 4.74 Å². The molecular weight excluding hydrogens is 316 g/mol. The first-order valence-corrected chi connectivity index (χ1v) is 9.04. The summed E-state index contributed by atoms with van der Waals surface area (Å²) in [4.78, 5) is 6.88. The zero-order valence-corrected chi connectivity index (χ0v) is 14.7. The van der Waals surface area contributed by atoms with Gasteiger partial charge in [-0.05, 0) is 18.6 Å². The van der Waals surface area contributed by atoms with E-state index in [1.54, 1.807) is 0 Å². The van der Waals surface area contributed by atoms with E-state index in [9.17, 15) is 0 Å². The van der Waals surface area contributed by atoms with E-state index < -0.39 is 0 Å². The lowest BCUT2D eigenvalue weighted by molar-refractivity contribution is 0.122. The monoisotopic (exact) mass is 342 g/mol. The minimum Gasteiger partial charge on any atom is -0.378 e. The largest absolute Gasteiger partial charge is 0.378 e. The smallest absolute Gasteiger partial charge is 0.128 e. The van der Waals surface area contributed by atoms with Crippen molar-refractivity contribution in [2.24, 2.45) is 5.92 Å². The zero-order chi connectivity index (χ0) is 17.1. The lowest BCUT2D eigenvalue weighted by Gasteiger charge is -2.27. The molecule has 2 aromatic rings. The summed E-state index contributed by atoms with van der Waals surface area (Å²) in [6, 6.07) is 6.38. The Balaban J connectivity index is 1.25. The van der Waals surface area contributed by atoms with E-state index in [1.807, 2.05) is 13.1 Å². The van der Waals surface area contributed by atoms with Gasteiger partial charge in [0.2, 0.25) is 0 Å². The van der Waals surface area contributed by atoms with Gasteiger partial charge in [-0.2, -0.15) is 5.10 Å². The van der Waals surface area contributed by atoms with E-state index in [2.05, 4.69) is 48.5 Å². The third kappa shape index (κ3) is 3.93. The summed E-state index contributed by atoms with van der Waals surface area (Å²) in [5.41, 5.74) is 2.29. The fourth-order valence-electron chi connectivity index (χ4n) is 3.44. The highest BCUT2D eigenvalue weighted by Gasteiger charge is 2.18. The summed E-state index contributed by atoms with van der Waals surface area (Å²) in [7, 11) is 0. The number of aryl methyl sites for hydroxylation is 1. The first-order valence-electron chi connectivity index (χ1n) is 9.04. The van der Waals surface area contributed by atoms with E-state index in [0.29, 0.717) is 5.92 Å². The van der Waals surface area contributed by atoms with Gasteiger partial charge in [0, 0.05) is 57.4 Å². The molecule has 134 valence electrons. The Morgan fingerprint density at radius 2 is 2.20 bits per heavy atom. The second-order valence-corrected chi connectivity index (χ2v) is 6.85. The number of rotatable bonds is 5. The topological polar surface area (TPSA) is 67.2 Å². The molecule has 0 spiro atoms. The molecule has 7 nitrogen and oxygen atoms in total. The second-order valence-electron chi connectivity index (χ2n) is 6.85. The minimum atomic E-state index is 0.549. The Kier molecular flexibility index (Phi) is 4.85. The van der Waals surface area contributed by atoms with Crippen LogP contribution in [0.15, 0.2) is 24.4 Å². The Bertz CT molecular complexity index is 692. The van der Waals surface area contributed by atoms with Crippen LogP contribution in [0.25, 0.3) is 0 Å². The van der Waals surface area contributed by atoms with Crippen molar-refractivity contribution in [3.8, 4) is 0 Å². The van der Waals surface area contributed by atoms with Crippen molar-refractivity contribution < 1.29 is 4.74 Å². The van der Waals surface area contributed by atoms with Crippen LogP contribution in [-0.2, 0) is 17.8 Å². The molecule has 4 rings (SSSR count). The van der Waals surface area contributed by atoms with Crippen molar-refractivity contribution in [1.29, 1.82) is 0 Å². The van der Waals surface area contributed by atoms with Gasteiger partial charge in [0.05, 0.1) is 18.9 Å². The molecule has 0 bridgehead atoms. The lowest BCUT2D eigenvalue weighted by atomic mass is 10.1. The van der Waals surface area contributed by atoms with Gasteiger partial charge in [-0.15, -0.1) is 0 Å². The Morgan fingerprint density at radius 3 is 3.00 bits per heavy atom. The molecule has 2 N–H and O–H groups in total. The maximum absolute atomic E-state index is 5.39. The van der Waals surface area contributed by atoms with Crippen LogP contribution in [0.1, 0.15) is 11.3 Å². The van der Waals surface area contributed by atoms with Crippen LogP contribution in [0, 0.1) is 12.8 Å². The fraction of sp³-hybridized carbons (Fsp3) is 0.556. The predicted molar refractivity (Wildman–Crippen MR) is 97.9 cm³/mol. The molecule has 0 saturated carbocycles. The number of morpholine rings is 1. The SMILES string of the molecule is Cc1cc2n(n1)C[C@H](CNCc1ccc(N3CCOCC3)nc1)CN2. The molecule has 0 amide bonds. The number of aromatic nitrogens is 3. The van der Waals surface area contributed by atoms with E-state index in [0.717, 1.165) is 69.8 Å². The average Bonchev–Trinajstić information content (AvgIpc) is 3.02. The number of hydrogen-bond donors (Lipinski definition) is 2. The van der Waals surface area contributed by atoms with Crippen LogP contribution in [0.4, 0.5) is 11.6 Å². The molecule has 0 aliphatic carbocycles. The molecule has 2 aliphatic rings. The van der Waals surface area contributed by atoms with Crippen molar-refractivity contribution in [3.05, 3.63) is 35.7 Å². The molecule has 4 heterocycles. The number of nitrogens with one attached hydrogen (secondary N) is 2. The van der Waals surface area contributed by atoms with Crippen molar-refractivity contribution in [1.82, 2.24) is 20.1 Å². The molecule has 0 aromatic carbocycles. The molecule has 7 heteroatoms. The predicted octanol–water partition coefficient (Wildman–Crippen LogP) is 1.25. The first kappa shape index (κ1) is 16.4. The summed E-state index contributed by atoms with van der Waals surface area (Å²) in [6.07, 6.45) is 1.98. The number of nitrogens with zero attached hydrogens (tertiary/aromatic N) is 4. The average molecular weight is 342 g/mol. The molecule has 1 saturated heterocycles. The van der Waals surface area contributed by atoms with Gasteiger partial charge in [-0.3, -0.25) is 0 Å². The summed E-state index contributed by atoms with van der Waals surface area (Å²) in [5.74, 6) is 2.73. The van der Waals surface area contributed by atoms with Gasteiger partial charge in [-0.1, -0.05) is 6.07 Å². The molecule has 2 aliphatic heterocycles. The van der Waals surface area contributed by atoms with Crippen LogP contribution in [0.2, 0.25) is 0 Å². The third-order valence-corrected chi connectivity index (χ3v) is 4.81. The first-order chi connectivity index (χ1) is 12.3. The van der Waals surface area contributed by atoms with Crippen molar-refractivity contribution in [2.75, 3.05) is 49.6 Å². The number of ether oxygens (including phenoxy) is 1. The maximum Gasteiger partial charge on any atom is 0.128 e. The molecule has 1 fully saturated rings. The summed E-state index contributed by atoms with van der Waals surface area (Å²) in [5, 5.41) is 11.5. The van der Waals surface area contributed by atoms with E-state index in [-0.39, 0.29) is 0 Å². The molecule has 0 radical (unpaired) electrons. The quantitative estimate of drug-likeness (QED) is 0.853. The normalized spacial score (nSPS) is 20.2. The summed E-state index contributed by atoms with van der Waals surface area (Å²) >= 11 is 0. The molecular formula is C18H26N6O. The molecule has 1 atom stereocenters. The highest BCUT2D eigenvalue weighted by atomic mass is 16.5. The van der Waals surface area contributed by atoms with Crippen LogP contribution in [0.3, 0.4) is 0 Å². The Labute approximate surface area is 148 Å². The fourth-order valence-corrected chi connectivity index (χ4v) is 3.44. The summed E-state index contributed by atoms with van der Waals surface area (Å²) in [6.45, 7) is 9.24. The highest BCUT2D eigenvalue weighted by molar-refractivity contribution is 5.40. The number of anilines is 2. The van der Waals surface area contributed by atoms with Crippen molar-refractivity contribution in [3.63, 3.8) is 0 Å². The van der Waals surface area contributed by atoms with Gasteiger partial charge >= 0.3 is 0 Å². The maximum atomic E-state index is 5.39. The van der Waals surface area contributed by atoms with Crippen molar-refractivity contribution >= 4 is 11.6 Å². The molecule has 0 unspecified atom stereocenters. The van der Waals surface area contributed by atoms with Gasteiger partial charge in [0.1, 0.15) is 11.6 Å². The second kappa shape index (κ2) is 7.41. The summed E-state index contributed by atoms with van der Waals surface area (Å²) < 4.78 is 7.46. The van der Waals surface area contributed by atoms with Crippen LogP contribution in [-0.4, -0.2) is 54.2 Å². The molecule has 25 heavy (non-hydrogen) atoms. The van der Waals surface area contributed by atoms with E-state index in [1.165, 1.54) is 5.56 Å². The Morgan fingerprint density at radius 1 is 1.32 bits per heavy atom. The third-order valence-electron chi connectivity index (χ3n) is 4.81. The van der Waals surface area contributed by atoms with E-state index >= 15 is 0 Å². The lowest BCUT2D eigenvalue weighted by Crippen LogP contribution is -2.36. The van der Waals surface area contributed by atoms with Gasteiger partial charge in [0.25, 0.3) is 0 Å². The van der Waals surface area contributed by atoms with Gasteiger partial charge in [-0.25, -0.2) is 9.67 Å². The standard InChI is InChI=1S/C18H26N6O/c1-14-8-18-21-12-16(13-24(18)22-14)10-19-9-15-2-3-17(20-11-15)23-4-6-25-7-5-23/h2-3,8,11,16,19,21H,4-7,9-10,12-13H2,1H3/t16-/m1/s1. The Hall–Kier alpha value is -2.12. The number of pyridine rings is 1. The molecule has 2 aromatic heterocycles.